The molecule has 1 unspecified atom stereocenters. The molecule has 2 aliphatic rings. The number of hydrogen-bond donors (Lipinski definition) is 0. The normalized spacial score (nSPS) is 19.5. The van der Waals surface area contributed by atoms with Crippen LogP contribution in [0, 0.1) is 6.92 Å². The summed E-state index contributed by atoms with van der Waals surface area (Å²) in [5, 5.41) is 0. The van der Waals surface area contributed by atoms with E-state index in [0.717, 1.165) is 50.4 Å². The van der Waals surface area contributed by atoms with Crippen molar-refractivity contribution in [3.05, 3.63) is 71.2 Å². The number of aryl methyl sites for hydroxylation is 1. The predicted molar refractivity (Wildman–Crippen MR) is 142 cm³/mol. The molecule has 1 fully saturated rings. The van der Waals surface area contributed by atoms with E-state index in [9.17, 15) is 0 Å². The lowest BCUT2D eigenvalue weighted by atomic mass is 10.00. The van der Waals surface area contributed by atoms with Crippen molar-refractivity contribution in [1.82, 2.24) is 14.5 Å². The molecule has 1 aromatic heterocycles. The molecular formula is C29H37N3OS. The summed E-state index contributed by atoms with van der Waals surface area (Å²) >= 11 is 1.90. The van der Waals surface area contributed by atoms with Crippen LogP contribution in [0.2, 0.25) is 0 Å². The first-order valence-electron chi connectivity index (χ1n) is 12.6. The zero-order chi connectivity index (χ0) is 23.9. The van der Waals surface area contributed by atoms with E-state index in [4.69, 9.17) is 9.72 Å². The van der Waals surface area contributed by atoms with Crippen LogP contribution in [-0.2, 0) is 17.7 Å². The molecule has 3 heterocycles. The maximum Gasteiger partial charge on any atom is 0.143 e. The number of thioether (sulfide) groups is 1. The second kappa shape index (κ2) is 9.52. The van der Waals surface area contributed by atoms with Gasteiger partial charge in [-0.2, -0.15) is 0 Å². The topological polar surface area (TPSA) is 30.3 Å². The summed E-state index contributed by atoms with van der Waals surface area (Å²) in [7, 11) is 2.20. The minimum atomic E-state index is -0.115. The lowest BCUT2D eigenvalue weighted by molar-refractivity contribution is -0.0276. The maximum atomic E-state index is 6.88. The van der Waals surface area contributed by atoms with Gasteiger partial charge in [-0.25, -0.2) is 4.98 Å². The monoisotopic (exact) mass is 475 g/mol. The molecule has 2 aromatic carbocycles. The van der Waals surface area contributed by atoms with Crippen LogP contribution in [0.25, 0.3) is 11.3 Å². The Morgan fingerprint density at radius 3 is 2.38 bits per heavy atom. The van der Waals surface area contributed by atoms with Gasteiger partial charge in [0.2, 0.25) is 0 Å². The largest absolute Gasteiger partial charge is 0.362 e. The highest BCUT2D eigenvalue weighted by Crippen LogP contribution is 2.38. The minimum absolute atomic E-state index is 0.115. The molecule has 5 rings (SSSR count). The van der Waals surface area contributed by atoms with Gasteiger partial charge in [0.25, 0.3) is 0 Å². The van der Waals surface area contributed by atoms with Crippen LogP contribution in [-0.4, -0.2) is 45.4 Å². The Kier molecular flexibility index (Phi) is 6.62. The third-order valence-corrected chi connectivity index (χ3v) is 8.09. The first kappa shape index (κ1) is 23.7. The average Bonchev–Trinajstić information content (AvgIpc) is 3.04. The van der Waals surface area contributed by atoms with Crippen LogP contribution in [0.1, 0.15) is 62.4 Å². The standard InChI is InChI=1S/C29H37N3OS/c1-20-26(22-10-12-24(13-11-22)34-29(2,3)4)30-28-27(33-23-15-17-31(5)18-16-23)25-9-7-6-8-21(25)14-19-32(20)28/h6-13,23,27H,14-19H2,1-5H3. The number of aromatic nitrogens is 2. The molecule has 0 N–H and O–H groups in total. The first-order valence-corrected chi connectivity index (χ1v) is 13.4. The van der Waals surface area contributed by atoms with Gasteiger partial charge in [-0.3, -0.25) is 0 Å². The van der Waals surface area contributed by atoms with Crippen LogP contribution in [0.3, 0.4) is 0 Å². The van der Waals surface area contributed by atoms with Crippen LogP contribution in [0.4, 0.5) is 0 Å². The number of benzene rings is 2. The van der Waals surface area contributed by atoms with Crippen LogP contribution < -0.4 is 0 Å². The lowest BCUT2D eigenvalue weighted by Gasteiger charge is -2.32. The van der Waals surface area contributed by atoms with E-state index in [1.54, 1.807) is 0 Å². The Bertz CT molecular complexity index is 1140. The van der Waals surface area contributed by atoms with E-state index < -0.39 is 0 Å². The second-order valence-corrected chi connectivity index (χ2v) is 12.7. The molecule has 34 heavy (non-hydrogen) atoms. The van der Waals surface area contributed by atoms with E-state index in [1.165, 1.54) is 27.3 Å². The van der Waals surface area contributed by atoms with Crippen molar-refractivity contribution in [2.45, 2.75) is 75.4 Å². The molecule has 2 aliphatic heterocycles. The van der Waals surface area contributed by atoms with E-state index in [2.05, 4.69) is 92.7 Å². The van der Waals surface area contributed by atoms with Gasteiger partial charge in [0.15, 0.2) is 0 Å². The smallest absolute Gasteiger partial charge is 0.143 e. The molecule has 5 heteroatoms. The molecule has 1 atom stereocenters. The Morgan fingerprint density at radius 1 is 0.971 bits per heavy atom. The van der Waals surface area contributed by atoms with Crippen LogP contribution >= 0.6 is 11.8 Å². The highest BCUT2D eigenvalue weighted by molar-refractivity contribution is 8.00. The Balaban J connectivity index is 1.50. The second-order valence-electron chi connectivity index (χ2n) is 10.8. The summed E-state index contributed by atoms with van der Waals surface area (Å²) in [5.74, 6) is 1.06. The van der Waals surface area contributed by atoms with Gasteiger partial charge in [0.1, 0.15) is 11.9 Å². The van der Waals surface area contributed by atoms with Crippen LogP contribution in [0.5, 0.6) is 0 Å². The van der Waals surface area contributed by atoms with Crippen molar-refractivity contribution < 1.29 is 4.74 Å². The molecule has 4 nitrogen and oxygen atoms in total. The SMILES string of the molecule is Cc1c(-c2ccc(SC(C)(C)C)cc2)nc2n1CCc1ccccc1C2OC1CCN(C)CC1. The minimum Gasteiger partial charge on any atom is -0.362 e. The number of nitrogens with zero attached hydrogens (tertiary/aromatic N) is 3. The van der Waals surface area contributed by atoms with Gasteiger partial charge in [-0.05, 0) is 56.5 Å². The maximum absolute atomic E-state index is 6.88. The zero-order valence-electron chi connectivity index (χ0n) is 21.2. The molecule has 3 aromatic rings. The highest BCUT2D eigenvalue weighted by Gasteiger charge is 2.32. The summed E-state index contributed by atoms with van der Waals surface area (Å²) in [6, 6.07) is 17.7. The van der Waals surface area contributed by atoms with E-state index in [1.807, 2.05) is 11.8 Å². The van der Waals surface area contributed by atoms with E-state index in [0.29, 0.717) is 0 Å². The molecule has 0 saturated carbocycles. The van der Waals surface area contributed by atoms with Crippen molar-refractivity contribution in [1.29, 1.82) is 0 Å². The number of rotatable bonds is 4. The van der Waals surface area contributed by atoms with Gasteiger partial charge in [-0.1, -0.05) is 57.2 Å². The quantitative estimate of drug-likeness (QED) is 0.403. The zero-order valence-corrected chi connectivity index (χ0v) is 22.0. The first-order chi connectivity index (χ1) is 16.3. The third kappa shape index (κ3) is 4.98. The molecule has 0 aliphatic carbocycles. The van der Waals surface area contributed by atoms with Gasteiger partial charge in [0.05, 0.1) is 11.8 Å². The van der Waals surface area contributed by atoms with Gasteiger partial charge < -0.3 is 14.2 Å². The summed E-state index contributed by atoms with van der Waals surface area (Å²) in [6.45, 7) is 12.1. The van der Waals surface area contributed by atoms with Gasteiger partial charge in [-0.15, -0.1) is 11.8 Å². The van der Waals surface area contributed by atoms with Crippen LogP contribution in [0.15, 0.2) is 53.4 Å². The number of ether oxygens (including phenoxy) is 1. The van der Waals surface area contributed by atoms with Gasteiger partial charge in [0, 0.05) is 40.5 Å². The Labute approximate surface area is 208 Å². The van der Waals surface area contributed by atoms with Gasteiger partial charge >= 0.3 is 0 Å². The fourth-order valence-electron chi connectivity index (χ4n) is 5.18. The third-order valence-electron chi connectivity index (χ3n) is 6.97. The lowest BCUT2D eigenvalue weighted by Crippen LogP contribution is -2.35. The summed E-state index contributed by atoms with van der Waals surface area (Å²) in [4.78, 5) is 8.96. The van der Waals surface area contributed by atoms with Crippen molar-refractivity contribution in [2.75, 3.05) is 20.1 Å². The fourth-order valence-corrected chi connectivity index (χ4v) is 6.16. The molecule has 0 spiro atoms. The molecule has 0 radical (unpaired) electrons. The number of fused-ring (bicyclic) bond motifs is 2. The van der Waals surface area contributed by atoms with Crippen molar-refractivity contribution in [2.24, 2.45) is 0 Å². The Hall–Kier alpha value is -2.08. The van der Waals surface area contributed by atoms with Crippen molar-refractivity contribution in [3.8, 4) is 11.3 Å². The summed E-state index contributed by atoms with van der Waals surface area (Å²) in [5.41, 5.74) is 6.17. The molecule has 0 bridgehead atoms. The number of hydrogen-bond acceptors (Lipinski definition) is 4. The highest BCUT2D eigenvalue weighted by atomic mass is 32.2. The van der Waals surface area contributed by atoms with Crippen molar-refractivity contribution in [3.63, 3.8) is 0 Å². The van der Waals surface area contributed by atoms with E-state index in [-0.39, 0.29) is 17.0 Å². The molecule has 180 valence electrons. The number of piperidine rings is 1. The Morgan fingerprint density at radius 2 is 1.68 bits per heavy atom. The predicted octanol–water partition coefficient (Wildman–Crippen LogP) is 6.51. The van der Waals surface area contributed by atoms with Crippen molar-refractivity contribution >= 4 is 11.8 Å². The average molecular weight is 476 g/mol. The summed E-state index contributed by atoms with van der Waals surface area (Å²) in [6.07, 6.45) is 3.32. The molecule has 0 amide bonds. The summed E-state index contributed by atoms with van der Waals surface area (Å²) < 4.78 is 9.49. The molecule has 1 saturated heterocycles. The van der Waals surface area contributed by atoms with E-state index >= 15 is 0 Å². The molecular weight excluding hydrogens is 438 g/mol. The number of likely N-dealkylation sites (tertiary alicyclic amines) is 1. The number of imidazole rings is 1. The fraction of sp³-hybridized carbons (Fsp3) is 0.483.